The van der Waals surface area contributed by atoms with Crippen molar-refractivity contribution in [2.45, 2.75) is 49.9 Å². The van der Waals surface area contributed by atoms with Crippen LogP contribution in [0.3, 0.4) is 0 Å². The lowest BCUT2D eigenvalue weighted by Gasteiger charge is -2.24. The number of nitrogens with zero attached hydrogens (tertiary/aromatic N) is 1. The minimum absolute atomic E-state index is 0.0431. The van der Waals surface area contributed by atoms with Gasteiger partial charge >= 0.3 is 5.97 Å². The van der Waals surface area contributed by atoms with E-state index < -0.39 is 60.2 Å². The molecule has 4 atom stereocenters. The van der Waals surface area contributed by atoms with Gasteiger partial charge in [0.05, 0.1) is 18.8 Å². The summed E-state index contributed by atoms with van der Waals surface area (Å²) in [5.41, 5.74) is 11.6. The fourth-order valence-electron chi connectivity index (χ4n) is 2.93. The summed E-state index contributed by atoms with van der Waals surface area (Å²) in [4.78, 5) is 67.9. The lowest BCUT2D eigenvalue weighted by atomic mass is 10.1. The molecule has 35 heavy (non-hydrogen) atoms. The first-order valence-corrected chi connectivity index (χ1v) is 13.5. The van der Waals surface area contributed by atoms with E-state index in [2.05, 4.69) is 25.9 Å². The van der Waals surface area contributed by atoms with Crippen LogP contribution in [0.15, 0.2) is 12.5 Å². The Morgan fingerprint density at radius 3 is 2.09 bits per heavy atom. The molecule has 0 bridgehead atoms. The quantitative estimate of drug-likeness (QED) is 0.119. The number of amides is 4. The molecule has 0 radical (unpaired) electrons. The Hall–Kier alpha value is -2.78. The average Bonchev–Trinajstić information content (AvgIpc) is 3.31. The second-order valence-electron chi connectivity index (χ2n) is 7.64. The first-order valence-electron chi connectivity index (χ1n) is 10.7. The number of imidazole rings is 1. The first-order chi connectivity index (χ1) is 16.6. The summed E-state index contributed by atoms with van der Waals surface area (Å²) in [7, 11) is 0. The minimum atomic E-state index is -1.34. The number of aromatic nitrogens is 2. The lowest BCUT2D eigenvalue weighted by molar-refractivity contribution is -0.142. The van der Waals surface area contributed by atoms with Gasteiger partial charge < -0.3 is 37.5 Å². The van der Waals surface area contributed by atoms with Crippen molar-refractivity contribution in [2.24, 2.45) is 11.5 Å². The van der Waals surface area contributed by atoms with Crippen LogP contribution < -0.4 is 27.4 Å². The van der Waals surface area contributed by atoms with E-state index in [0.29, 0.717) is 23.6 Å². The van der Waals surface area contributed by atoms with Crippen LogP contribution in [-0.2, 0) is 30.4 Å². The van der Waals surface area contributed by atoms with Gasteiger partial charge in [0.25, 0.3) is 0 Å². The number of aliphatic carboxylic acids is 1. The molecule has 1 aromatic rings. The summed E-state index contributed by atoms with van der Waals surface area (Å²) in [6, 6.07) is -4.62. The third kappa shape index (κ3) is 11.5. The van der Waals surface area contributed by atoms with E-state index in [4.69, 9.17) is 11.5 Å². The molecular formula is C20H33N7O6S2. The van der Waals surface area contributed by atoms with Crippen molar-refractivity contribution >= 4 is 53.1 Å². The van der Waals surface area contributed by atoms with Crippen LogP contribution in [-0.4, -0.2) is 92.9 Å². The normalized spacial score (nSPS) is 14.3. The molecule has 0 aromatic carbocycles. The van der Waals surface area contributed by atoms with Gasteiger partial charge in [0, 0.05) is 18.3 Å². The third-order valence-corrected chi connectivity index (χ3v) is 6.13. The molecule has 4 unspecified atom stereocenters. The largest absolute Gasteiger partial charge is 0.480 e. The number of carboxylic acids is 1. The molecular weight excluding hydrogens is 498 g/mol. The van der Waals surface area contributed by atoms with Gasteiger partial charge in [-0.25, -0.2) is 9.78 Å². The van der Waals surface area contributed by atoms with Gasteiger partial charge in [0.2, 0.25) is 23.6 Å². The van der Waals surface area contributed by atoms with E-state index in [1.807, 2.05) is 6.26 Å². The number of aromatic amines is 1. The minimum Gasteiger partial charge on any atom is -0.480 e. The Balaban J connectivity index is 2.94. The van der Waals surface area contributed by atoms with Crippen LogP contribution in [0.5, 0.6) is 0 Å². The van der Waals surface area contributed by atoms with Crippen LogP contribution in [0.2, 0.25) is 0 Å². The highest BCUT2D eigenvalue weighted by Gasteiger charge is 2.31. The maximum Gasteiger partial charge on any atom is 0.326 e. The summed E-state index contributed by atoms with van der Waals surface area (Å²) in [6.45, 7) is 0. The van der Waals surface area contributed by atoms with Crippen molar-refractivity contribution in [1.29, 1.82) is 0 Å². The predicted molar refractivity (Wildman–Crippen MR) is 134 cm³/mol. The molecule has 0 saturated heterocycles. The van der Waals surface area contributed by atoms with Crippen molar-refractivity contribution in [3.63, 3.8) is 0 Å². The Kier molecular flexibility index (Phi) is 13.8. The zero-order valence-electron chi connectivity index (χ0n) is 19.6. The van der Waals surface area contributed by atoms with Crippen LogP contribution in [0, 0.1) is 0 Å². The third-order valence-electron chi connectivity index (χ3n) is 4.85. The van der Waals surface area contributed by atoms with E-state index in [1.165, 1.54) is 36.0 Å². The number of hydrogen-bond acceptors (Lipinski definition) is 9. The average molecular weight is 532 g/mol. The molecule has 0 aliphatic rings. The summed E-state index contributed by atoms with van der Waals surface area (Å²) in [5, 5.41) is 16.8. The van der Waals surface area contributed by atoms with E-state index in [-0.39, 0.29) is 12.8 Å². The fraction of sp³-hybridized carbons (Fsp3) is 0.600. The smallest absolute Gasteiger partial charge is 0.326 e. The van der Waals surface area contributed by atoms with E-state index >= 15 is 0 Å². The number of primary amides is 1. The molecule has 0 fully saturated rings. The number of nitrogens with one attached hydrogen (secondary N) is 4. The number of thioether (sulfide) groups is 2. The lowest BCUT2D eigenvalue weighted by Crippen LogP contribution is -2.58. The Labute approximate surface area is 211 Å². The molecule has 4 amide bonds. The van der Waals surface area contributed by atoms with Gasteiger partial charge in [0.15, 0.2) is 0 Å². The number of H-pyrrole nitrogens is 1. The molecule has 196 valence electrons. The molecule has 9 N–H and O–H groups in total. The SMILES string of the molecule is CSCCC(N)C(=O)NC(CC(N)=O)C(=O)NC(CCSC)C(=O)NC(Cc1cnc[nH]1)C(=O)O. The standard InChI is InChI=1S/C20H33N7O6S2/c1-34-5-3-12(21)17(29)26-14(8-16(22)28)19(31)25-13(4-6-35-2)18(30)27-15(20(32)33)7-11-9-23-10-24-11/h9-10,12-15H,3-8,21H2,1-2H3,(H2,22,28)(H,23,24)(H,25,31)(H,26,29)(H,27,30)(H,32,33). The predicted octanol–water partition coefficient (Wildman–Crippen LogP) is -1.80. The van der Waals surface area contributed by atoms with Crippen LogP contribution in [0.4, 0.5) is 0 Å². The fourth-order valence-corrected chi connectivity index (χ4v) is 3.89. The molecule has 0 saturated carbocycles. The van der Waals surface area contributed by atoms with Gasteiger partial charge in [-0.1, -0.05) is 0 Å². The molecule has 0 aliphatic carbocycles. The highest BCUT2D eigenvalue weighted by atomic mass is 32.2. The van der Waals surface area contributed by atoms with Crippen LogP contribution in [0.1, 0.15) is 25.0 Å². The topological polar surface area (TPSA) is 222 Å². The summed E-state index contributed by atoms with van der Waals surface area (Å²) >= 11 is 2.92. The second-order valence-corrected chi connectivity index (χ2v) is 9.61. The number of carboxylic acid groups (broad SMARTS) is 1. The number of carbonyl (C=O) groups excluding carboxylic acids is 4. The molecule has 0 aliphatic heterocycles. The van der Waals surface area contributed by atoms with Gasteiger partial charge in [-0.3, -0.25) is 19.2 Å². The highest BCUT2D eigenvalue weighted by molar-refractivity contribution is 7.98. The number of rotatable bonds is 17. The summed E-state index contributed by atoms with van der Waals surface area (Å²) in [6.07, 6.45) is 6.50. The van der Waals surface area contributed by atoms with E-state index in [9.17, 15) is 29.1 Å². The summed E-state index contributed by atoms with van der Waals surface area (Å²) < 4.78 is 0. The Bertz CT molecular complexity index is 855. The van der Waals surface area contributed by atoms with Gasteiger partial charge in [-0.2, -0.15) is 23.5 Å². The molecule has 1 heterocycles. The highest BCUT2D eigenvalue weighted by Crippen LogP contribution is 2.06. The monoisotopic (exact) mass is 531 g/mol. The zero-order valence-corrected chi connectivity index (χ0v) is 21.2. The Morgan fingerprint density at radius 2 is 1.54 bits per heavy atom. The van der Waals surface area contributed by atoms with Crippen molar-refractivity contribution < 1.29 is 29.1 Å². The van der Waals surface area contributed by atoms with E-state index in [1.54, 1.807) is 6.26 Å². The van der Waals surface area contributed by atoms with Crippen molar-refractivity contribution in [3.8, 4) is 0 Å². The number of hydrogen-bond donors (Lipinski definition) is 7. The zero-order chi connectivity index (χ0) is 26.4. The molecule has 15 heteroatoms. The van der Waals surface area contributed by atoms with Crippen molar-refractivity contribution in [3.05, 3.63) is 18.2 Å². The molecule has 13 nitrogen and oxygen atoms in total. The van der Waals surface area contributed by atoms with Gasteiger partial charge in [-0.05, 0) is 36.9 Å². The van der Waals surface area contributed by atoms with Crippen LogP contribution >= 0.6 is 23.5 Å². The first kappa shape index (κ1) is 30.3. The van der Waals surface area contributed by atoms with E-state index in [0.717, 1.165) is 0 Å². The Morgan fingerprint density at radius 1 is 0.971 bits per heavy atom. The maximum atomic E-state index is 12.9. The van der Waals surface area contributed by atoms with Gasteiger partial charge in [-0.15, -0.1) is 0 Å². The molecule has 1 aromatic heterocycles. The van der Waals surface area contributed by atoms with Crippen molar-refractivity contribution in [1.82, 2.24) is 25.9 Å². The molecule has 0 spiro atoms. The molecule has 1 rings (SSSR count). The number of carbonyl (C=O) groups is 5. The maximum absolute atomic E-state index is 12.9. The second kappa shape index (κ2) is 16.0. The van der Waals surface area contributed by atoms with Crippen LogP contribution in [0.25, 0.3) is 0 Å². The number of nitrogens with two attached hydrogens (primary N) is 2. The van der Waals surface area contributed by atoms with Crippen molar-refractivity contribution in [2.75, 3.05) is 24.0 Å². The van der Waals surface area contributed by atoms with Gasteiger partial charge in [0.1, 0.15) is 18.1 Å². The summed E-state index contributed by atoms with van der Waals surface area (Å²) in [5.74, 6) is -3.16.